The van der Waals surface area contributed by atoms with Crippen molar-refractivity contribution < 1.29 is 14.1 Å². The molecule has 2 aromatic heterocycles. The van der Waals surface area contributed by atoms with E-state index in [2.05, 4.69) is 15.4 Å². The van der Waals surface area contributed by atoms with Gasteiger partial charge in [0, 0.05) is 19.7 Å². The Balaban J connectivity index is 1.81. The summed E-state index contributed by atoms with van der Waals surface area (Å²) < 4.78 is 12.3. The van der Waals surface area contributed by atoms with E-state index in [1.165, 1.54) is 0 Å². The Morgan fingerprint density at radius 1 is 1.50 bits per heavy atom. The van der Waals surface area contributed by atoms with Crippen LogP contribution in [-0.2, 0) is 24.3 Å². The molecule has 1 amide bonds. The smallest absolute Gasteiger partial charge is 0.292 e. The number of fused-ring (bicyclic) bond motifs is 1. The average Bonchev–Trinajstić information content (AvgIpc) is 3.14. The molecule has 8 nitrogen and oxygen atoms in total. The summed E-state index contributed by atoms with van der Waals surface area (Å²) in [7, 11) is 1.63. The van der Waals surface area contributed by atoms with E-state index in [0.717, 1.165) is 23.8 Å². The Morgan fingerprint density at radius 2 is 2.32 bits per heavy atom. The van der Waals surface area contributed by atoms with Crippen molar-refractivity contribution >= 4 is 5.91 Å². The summed E-state index contributed by atoms with van der Waals surface area (Å²) in [5, 5.41) is 12.2. The molecule has 1 aliphatic heterocycles. The molecule has 2 aromatic rings. The van der Waals surface area contributed by atoms with Gasteiger partial charge in [-0.1, -0.05) is 12.1 Å². The first-order chi connectivity index (χ1) is 10.6. The van der Waals surface area contributed by atoms with Crippen molar-refractivity contribution in [3.8, 4) is 0 Å². The predicted octanol–water partition coefficient (Wildman–Crippen LogP) is 1.19. The minimum atomic E-state index is -0.165. The molecule has 0 radical (unpaired) electrons. The monoisotopic (exact) mass is 305 g/mol. The number of nitrogens with zero attached hydrogens (tertiary/aromatic N) is 5. The van der Waals surface area contributed by atoms with Gasteiger partial charge in [-0.15, -0.1) is 10.2 Å². The highest BCUT2D eigenvalue weighted by Crippen LogP contribution is 2.23. The topological polar surface area (TPSA) is 86.3 Å². The first-order valence-corrected chi connectivity index (χ1v) is 7.30. The van der Waals surface area contributed by atoms with Gasteiger partial charge in [-0.05, 0) is 13.3 Å². The first kappa shape index (κ1) is 14.7. The minimum Gasteiger partial charge on any atom is -0.377 e. The summed E-state index contributed by atoms with van der Waals surface area (Å²) >= 11 is 0. The van der Waals surface area contributed by atoms with Gasteiger partial charge >= 0.3 is 0 Å². The van der Waals surface area contributed by atoms with Crippen LogP contribution in [0.25, 0.3) is 0 Å². The Bertz CT molecular complexity index is 678. The molecule has 118 valence electrons. The molecule has 0 aliphatic carbocycles. The summed E-state index contributed by atoms with van der Waals surface area (Å²) in [6.45, 7) is 5.39. The fourth-order valence-electron chi connectivity index (χ4n) is 2.73. The van der Waals surface area contributed by atoms with Gasteiger partial charge in [0.1, 0.15) is 6.61 Å². The van der Waals surface area contributed by atoms with Crippen LogP contribution < -0.4 is 0 Å². The lowest BCUT2D eigenvalue weighted by Crippen LogP contribution is -2.40. The summed E-state index contributed by atoms with van der Waals surface area (Å²) in [6.07, 6.45) is 0.738. The zero-order valence-corrected chi connectivity index (χ0v) is 12.9. The molecular weight excluding hydrogens is 286 g/mol. The van der Waals surface area contributed by atoms with Gasteiger partial charge in [0.25, 0.3) is 5.91 Å². The zero-order valence-electron chi connectivity index (χ0n) is 12.9. The number of hydrogen-bond acceptors (Lipinski definition) is 6. The van der Waals surface area contributed by atoms with Crippen LogP contribution in [0.15, 0.2) is 10.6 Å². The predicted molar refractivity (Wildman–Crippen MR) is 76.1 cm³/mol. The van der Waals surface area contributed by atoms with E-state index in [1.807, 2.05) is 18.4 Å². The van der Waals surface area contributed by atoms with Crippen molar-refractivity contribution in [3.63, 3.8) is 0 Å². The number of aryl methyl sites for hydroxylation is 1. The van der Waals surface area contributed by atoms with Crippen LogP contribution in [0.1, 0.15) is 47.8 Å². The second-order valence-corrected chi connectivity index (χ2v) is 5.41. The fourth-order valence-corrected chi connectivity index (χ4v) is 2.73. The quantitative estimate of drug-likeness (QED) is 0.843. The number of methoxy groups -OCH3 is 1. The maximum absolute atomic E-state index is 12.5. The molecule has 0 fully saturated rings. The molecule has 1 atom stereocenters. The van der Waals surface area contributed by atoms with Crippen LogP contribution in [0.2, 0.25) is 0 Å². The van der Waals surface area contributed by atoms with Crippen LogP contribution in [0.3, 0.4) is 0 Å². The van der Waals surface area contributed by atoms with Gasteiger partial charge in [-0.2, -0.15) is 0 Å². The minimum absolute atomic E-state index is 0.0846. The van der Waals surface area contributed by atoms with E-state index in [0.29, 0.717) is 19.7 Å². The van der Waals surface area contributed by atoms with E-state index < -0.39 is 0 Å². The normalized spacial score (nSPS) is 17.6. The van der Waals surface area contributed by atoms with Gasteiger partial charge in [-0.25, -0.2) is 0 Å². The van der Waals surface area contributed by atoms with E-state index in [-0.39, 0.29) is 17.7 Å². The van der Waals surface area contributed by atoms with Crippen LogP contribution in [0.5, 0.6) is 0 Å². The third kappa shape index (κ3) is 2.50. The highest BCUT2D eigenvalue weighted by atomic mass is 16.5. The Labute approximate surface area is 128 Å². The fraction of sp³-hybridized carbons (Fsp3) is 0.571. The van der Waals surface area contributed by atoms with Gasteiger partial charge < -0.3 is 18.7 Å². The average molecular weight is 305 g/mol. The highest BCUT2D eigenvalue weighted by Gasteiger charge is 2.31. The Kier molecular flexibility index (Phi) is 3.93. The first-order valence-electron chi connectivity index (χ1n) is 7.30. The lowest BCUT2D eigenvalue weighted by atomic mass is 10.2. The number of amides is 1. The number of hydrogen-bond donors (Lipinski definition) is 0. The molecule has 0 saturated carbocycles. The Hall–Kier alpha value is -2.22. The van der Waals surface area contributed by atoms with Crippen LogP contribution in [0, 0.1) is 0 Å². The van der Waals surface area contributed by atoms with E-state index in [1.54, 1.807) is 18.1 Å². The van der Waals surface area contributed by atoms with Crippen molar-refractivity contribution in [1.29, 1.82) is 0 Å². The van der Waals surface area contributed by atoms with Crippen molar-refractivity contribution in [2.75, 3.05) is 13.7 Å². The van der Waals surface area contributed by atoms with E-state index >= 15 is 0 Å². The maximum Gasteiger partial charge on any atom is 0.292 e. The van der Waals surface area contributed by atoms with Crippen molar-refractivity contribution in [2.24, 2.45) is 0 Å². The molecule has 1 aliphatic rings. The van der Waals surface area contributed by atoms with Crippen molar-refractivity contribution in [2.45, 2.75) is 39.5 Å². The SMILES string of the molecule is CCc1cc(C(=O)N2Cc3nnc(COC)n3[C@@H](C)C2)on1. The molecule has 0 bridgehead atoms. The van der Waals surface area contributed by atoms with Crippen LogP contribution in [0.4, 0.5) is 0 Å². The largest absolute Gasteiger partial charge is 0.377 e. The molecule has 0 N–H and O–H groups in total. The lowest BCUT2D eigenvalue weighted by molar-refractivity contribution is 0.0633. The van der Waals surface area contributed by atoms with Gasteiger partial charge in [0.05, 0.1) is 18.3 Å². The second kappa shape index (κ2) is 5.88. The van der Waals surface area contributed by atoms with Crippen molar-refractivity contribution in [1.82, 2.24) is 24.8 Å². The van der Waals surface area contributed by atoms with Crippen LogP contribution in [-0.4, -0.2) is 44.4 Å². The summed E-state index contributed by atoms with van der Waals surface area (Å²) in [6, 6.07) is 1.78. The maximum atomic E-state index is 12.5. The van der Waals surface area contributed by atoms with Crippen LogP contribution >= 0.6 is 0 Å². The van der Waals surface area contributed by atoms with E-state index in [9.17, 15) is 4.79 Å². The molecule has 0 spiro atoms. The van der Waals surface area contributed by atoms with Crippen molar-refractivity contribution in [3.05, 3.63) is 29.2 Å². The Morgan fingerprint density at radius 3 is 3.00 bits per heavy atom. The molecule has 0 aromatic carbocycles. The second-order valence-electron chi connectivity index (χ2n) is 5.41. The van der Waals surface area contributed by atoms with Gasteiger partial charge in [-0.3, -0.25) is 4.79 Å². The summed E-state index contributed by atoms with van der Waals surface area (Å²) in [4.78, 5) is 14.2. The molecule has 0 saturated heterocycles. The number of carbonyl (C=O) groups is 1. The zero-order chi connectivity index (χ0) is 15.7. The number of ether oxygens (including phenoxy) is 1. The third-order valence-electron chi connectivity index (χ3n) is 3.79. The standard InChI is InChI=1S/C14H19N5O3/c1-4-10-5-11(22-17-10)14(20)18-6-9(2)19-12(7-18)15-16-13(19)8-21-3/h5,9H,4,6-8H2,1-3H3/t9-/m0/s1. The molecule has 0 unspecified atom stereocenters. The molecule has 3 heterocycles. The highest BCUT2D eigenvalue weighted by molar-refractivity contribution is 5.91. The summed E-state index contributed by atoms with van der Waals surface area (Å²) in [5.41, 5.74) is 0.777. The molecule has 22 heavy (non-hydrogen) atoms. The van der Waals surface area contributed by atoms with Gasteiger partial charge in [0.15, 0.2) is 11.6 Å². The van der Waals surface area contributed by atoms with Gasteiger partial charge in [0.2, 0.25) is 5.76 Å². The molecule has 8 heteroatoms. The lowest BCUT2D eigenvalue weighted by Gasteiger charge is -2.31. The van der Waals surface area contributed by atoms with E-state index in [4.69, 9.17) is 9.26 Å². The number of carbonyl (C=O) groups excluding carboxylic acids is 1. The molecule has 3 rings (SSSR count). The number of rotatable bonds is 4. The number of aromatic nitrogens is 4. The summed E-state index contributed by atoms with van der Waals surface area (Å²) in [5.74, 6) is 1.65. The molecular formula is C14H19N5O3. The third-order valence-corrected chi connectivity index (χ3v) is 3.79.